The molecule has 0 radical (unpaired) electrons. The average molecular weight is 248 g/mol. The first-order chi connectivity index (χ1) is 8.19. The van der Waals surface area contributed by atoms with Crippen molar-refractivity contribution in [2.75, 3.05) is 13.6 Å². The first-order valence-electron chi connectivity index (χ1n) is 6.73. The van der Waals surface area contributed by atoms with Crippen molar-refractivity contribution in [2.45, 2.75) is 53.1 Å². The second kappa shape index (κ2) is 5.85. The zero-order valence-electron chi connectivity index (χ0n) is 12.8. The minimum Gasteiger partial charge on any atom is -0.326 e. The Morgan fingerprint density at radius 2 is 1.61 bits per heavy atom. The second-order valence-electron chi connectivity index (χ2n) is 6.35. The summed E-state index contributed by atoms with van der Waals surface area (Å²) in [6, 6.07) is 4.53. The van der Waals surface area contributed by atoms with E-state index in [1.807, 2.05) is 0 Å². The Morgan fingerprint density at radius 1 is 1.11 bits per heavy atom. The molecule has 0 heterocycles. The van der Waals surface area contributed by atoms with Gasteiger partial charge in [0, 0.05) is 12.1 Å². The summed E-state index contributed by atoms with van der Waals surface area (Å²) < 4.78 is 0. The van der Waals surface area contributed by atoms with Gasteiger partial charge in [0.2, 0.25) is 0 Å². The fourth-order valence-electron chi connectivity index (χ4n) is 2.29. The number of hydrogen-bond donors (Lipinski definition) is 1. The zero-order valence-corrected chi connectivity index (χ0v) is 12.8. The molecule has 102 valence electrons. The van der Waals surface area contributed by atoms with Gasteiger partial charge in [-0.25, -0.2) is 0 Å². The average Bonchev–Trinajstić information content (AvgIpc) is 2.19. The van der Waals surface area contributed by atoms with Gasteiger partial charge in [-0.3, -0.25) is 0 Å². The molecule has 0 bridgehead atoms. The standard InChI is InChI=1S/C16H28N2/c1-12-9-13(2)15(14(3)10-12)11-18(6)8-7-16(4,5)17/h9-10H,7-8,11,17H2,1-6H3. The maximum atomic E-state index is 6.03. The van der Waals surface area contributed by atoms with Crippen molar-refractivity contribution in [3.8, 4) is 0 Å². The van der Waals surface area contributed by atoms with Crippen LogP contribution < -0.4 is 5.73 Å². The lowest BCUT2D eigenvalue weighted by Gasteiger charge is -2.25. The van der Waals surface area contributed by atoms with E-state index in [0.29, 0.717) is 0 Å². The van der Waals surface area contributed by atoms with Gasteiger partial charge in [0.25, 0.3) is 0 Å². The molecular formula is C16H28N2. The Kier molecular flexibility index (Phi) is 4.94. The minimum absolute atomic E-state index is 0.0778. The molecule has 0 amide bonds. The Hall–Kier alpha value is -0.860. The Bertz CT molecular complexity index is 379. The Labute approximate surface area is 112 Å². The lowest BCUT2D eigenvalue weighted by molar-refractivity contribution is 0.288. The molecule has 0 saturated carbocycles. The van der Waals surface area contributed by atoms with Gasteiger partial charge in [-0.15, -0.1) is 0 Å². The highest BCUT2D eigenvalue weighted by Crippen LogP contribution is 2.18. The molecule has 1 aromatic carbocycles. The smallest absolute Gasteiger partial charge is 0.0235 e. The maximum absolute atomic E-state index is 6.03. The van der Waals surface area contributed by atoms with E-state index < -0.39 is 0 Å². The number of nitrogens with zero attached hydrogens (tertiary/aromatic N) is 1. The zero-order chi connectivity index (χ0) is 13.9. The number of benzene rings is 1. The molecular weight excluding hydrogens is 220 g/mol. The summed E-state index contributed by atoms with van der Waals surface area (Å²) in [5, 5.41) is 0. The highest BCUT2D eigenvalue weighted by Gasteiger charge is 2.13. The lowest BCUT2D eigenvalue weighted by atomic mass is 9.98. The van der Waals surface area contributed by atoms with Crippen LogP contribution in [-0.4, -0.2) is 24.0 Å². The van der Waals surface area contributed by atoms with Gasteiger partial charge < -0.3 is 10.6 Å². The molecule has 0 spiro atoms. The maximum Gasteiger partial charge on any atom is 0.0235 e. The summed E-state index contributed by atoms with van der Waals surface area (Å²) in [6.45, 7) is 12.8. The first-order valence-corrected chi connectivity index (χ1v) is 6.73. The van der Waals surface area contributed by atoms with E-state index in [0.717, 1.165) is 19.5 Å². The summed E-state index contributed by atoms with van der Waals surface area (Å²) in [5.41, 5.74) is 11.5. The molecule has 0 unspecified atom stereocenters. The number of aryl methyl sites for hydroxylation is 3. The third-order valence-corrected chi connectivity index (χ3v) is 3.41. The minimum atomic E-state index is -0.0778. The van der Waals surface area contributed by atoms with Gasteiger partial charge in [-0.05, 0) is 71.3 Å². The molecule has 18 heavy (non-hydrogen) atoms. The Balaban J connectivity index is 2.68. The van der Waals surface area contributed by atoms with Gasteiger partial charge in [0.15, 0.2) is 0 Å². The van der Waals surface area contributed by atoms with Gasteiger partial charge in [-0.2, -0.15) is 0 Å². The predicted molar refractivity (Wildman–Crippen MR) is 79.9 cm³/mol. The summed E-state index contributed by atoms with van der Waals surface area (Å²) in [5.74, 6) is 0. The number of nitrogens with two attached hydrogens (primary N) is 1. The lowest BCUT2D eigenvalue weighted by Crippen LogP contribution is -2.36. The van der Waals surface area contributed by atoms with Crippen LogP contribution in [-0.2, 0) is 6.54 Å². The molecule has 2 N–H and O–H groups in total. The van der Waals surface area contributed by atoms with Gasteiger partial charge in [0.1, 0.15) is 0 Å². The highest BCUT2D eigenvalue weighted by atomic mass is 15.1. The largest absolute Gasteiger partial charge is 0.326 e. The van der Waals surface area contributed by atoms with Crippen molar-refractivity contribution >= 4 is 0 Å². The van der Waals surface area contributed by atoms with Crippen molar-refractivity contribution in [2.24, 2.45) is 5.73 Å². The second-order valence-corrected chi connectivity index (χ2v) is 6.35. The highest BCUT2D eigenvalue weighted by molar-refractivity contribution is 5.37. The van der Waals surface area contributed by atoms with Gasteiger partial charge >= 0.3 is 0 Å². The third-order valence-electron chi connectivity index (χ3n) is 3.41. The molecule has 1 aromatic rings. The molecule has 2 nitrogen and oxygen atoms in total. The van der Waals surface area contributed by atoms with E-state index in [4.69, 9.17) is 5.73 Å². The molecule has 0 aliphatic heterocycles. The fraction of sp³-hybridized carbons (Fsp3) is 0.625. The van der Waals surface area contributed by atoms with Crippen LogP contribution in [0.15, 0.2) is 12.1 Å². The molecule has 0 aliphatic carbocycles. The SMILES string of the molecule is Cc1cc(C)c(CN(C)CCC(C)(C)N)c(C)c1. The van der Waals surface area contributed by atoms with Gasteiger partial charge in [0.05, 0.1) is 0 Å². The molecule has 0 saturated heterocycles. The van der Waals surface area contributed by atoms with Crippen LogP contribution >= 0.6 is 0 Å². The van der Waals surface area contributed by atoms with E-state index >= 15 is 0 Å². The van der Waals surface area contributed by atoms with Crippen LogP contribution in [0.1, 0.15) is 42.5 Å². The first kappa shape index (κ1) is 15.2. The van der Waals surface area contributed by atoms with Gasteiger partial charge in [-0.1, -0.05) is 17.7 Å². The quantitative estimate of drug-likeness (QED) is 0.867. The van der Waals surface area contributed by atoms with Crippen molar-refractivity contribution in [3.05, 3.63) is 34.4 Å². The summed E-state index contributed by atoms with van der Waals surface area (Å²) in [4.78, 5) is 2.36. The molecule has 0 atom stereocenters. The van der Waals surface area contributed by atoms with Crippen molar-refractivity contribution in [1.82, 2.24) is 4.90 Å². The predicted octanol–water partition coefficient (Wildman–Crippen LogP) is 3.17. The Morgan fingerprint density at radius 3 is 2.06 bits per heavy atom. The molecule has 2 heteroatoms. The van der Waals surface area contributed by atoms with Crippen molar-refractivity contribution in [1.29, 1.82) is 0 Å². The van der Waals surface area contributed by atoms with E-state index in [9.17, 15) is 0 Å². The summed E-state index contributed by atoms with van der Waals surface area (Å²) in [7, 11) is 2.17. The topological polar surface area (TPSA) is 29.3 Å². The molecule has 1 rings (SSSR count). The van der Waals surface area contributed by atoms with Crippen molar-refractivity contribution < 1.29 is 0 Å². The summed E-state index contributed by atoms with van der Waals surface area (Å²) >= 11 is 0. The number of hydrogen-bond acceptors (Lipinski definition) is 2. The van der Waals surface area contributed by atoms with Crippen LogP contribution in [0.4, 0.5) is 0 Å². The van der Waals surface area contributed by atoms with E-state index in [2.05, 4.69) is 58.7 Å². The third kappa shape index (κ3) is 4.79. The molecule has 0 aromatic heterocycles. The van der Waals surface area contributed by atoms with Crippen LogP contribution in [0.3, 0.4) is 0 Å². The van der Waals surface area contributed by atoms with Crippen LogP contribution in [0.2, 0.25) is 0 Å². The van der Waals surface area contributed by atoms with Crippen LogP contribution in [0, 0.1) is 20.8 Å². The molecule has 0 aliphatic rings. The van der Waals surface area contributed by atoms with E-state index in [-0.39, 0.29) is 5.54 Å². The summed E-state index contributed by atoms with van der Waals surface area (Å²) in [6.07, 6.45) is 1.02. The van der Waals surface area contributed by atoms with Crippen molar-refractivity contribution in [3.63, 3.8) is 0 Å². The monoisotopic (exact) mass is 248 g/mol. The van der Waals surface area contributed by atoms with E-state index in [1.165, 1.54) is 22.3 Å². The fourth-order valence-corrected chi connectivity index (χ4v) is 2.29. The molecule has 0 fully saturated rings. The van der Waals surface area contributed by atoms with Crippen LogP contribution in [0.25, 0.3) is 0 Å². The van der Waals surface area contributed by atoms with E-state index in [1.54, 1.807) is 0 Å². The van der Waals surface area contributed by atoms with Crippen LogP contribution in [0.5, 0.6) is 0 Å². The number of rotatable bonds is 5. The normalized spacial score (nSPS) is 12.2.